The van der Waals surface area contributed by atoms with Crippen molar-refractivity contribution in [2.24, 2.45) is 5.73 Å². The highest BCUT2D eigenvalue weighted by Gasteiger charge is 2.27. The second-order valence-electron chi connectivity index (χ2n) is 5.75. The van der Waals surface area contributed by atoms with Gasteiger partial charge in [0.15, 0.2) is 0 Å². The zero-order valence-electron chi connectivity index (χ0n) is 12.5. The largest absolute Gasteiger partial charge is 0.464 e. The van der Waals surface area contributed by atoms with Crippen LogP contribution in [0.15, 0.2) is 22.8 Å². The van der Waals surface area contributed by atoms with E-state index >= 15 is 0 Å². The van der Waals surface area contributed by atoms with E-state index in [2.05, 4.69) is 11.4 Å². The maximum Gasteiger partial charge on any atom is 0.277 e. The third kappa shape index (κ3) is 3.82. The number of alkyl halides is 2. The Bertz CT molecular complexity index is 715. The molecule has 2 aromatic rings. The van der Waals surface area contributed by atoms with E-state index in [4.69, 9.17) is 10.2 Å². The molecule has 1 aliphatic rings. The van der Waals surface area contributed by atoms with Crippen LogP contribution in [-0.4, -0.2) is 24.9 Å². The predicted molar refractivity (Wildman–Crippen MR) is 86.2 cm³/mol. The van der Waals surface area contributed by atoms with Crippen LogP contribution in [0.5, 0.6) is 0 Å². The Kier molecular flexibility index (Phi) is 5.26. The molecule has 1 aromatic carbocycles. The van der Waals surface area contributed by atoms with Crippen LogP contribution in [0, 0.1) is 0 Å². The lowest BCUT2D eigenvalue weighted by atomic mass is 10.0. The number of nitrogens with two attached hydrogens (primary N) is 1. The predicted octanol–water partition coefficient (Wildman–Crippen LogP) is 2.60. The summed E-state index contributed by atoms with van der Waals surface area (Å²) in [5.41, 5.74) is 8.98. The number of aryl methyl sites for hydroxylation is 2. The quantitative estimate of drug-likeness (QED) is 0.876. The molecule has 0 radical (unpaired) electrons. The van der Waals surface area contributed by atoms with Crippen molar-refractivity contribution in [1.29, 1.82) is 0 Å². The maximum absolute atomic E-state index is 13.0. The molecule has 0 atom stereocenters. The monoisotopic (exact) mass is 344 g/mol. The van der Waals surface area contributed by atoms with Crippen molar-refractivity contribution < 1.29 is 18.0 Å². The van der Waals surface area contributed by atoms with Crippen LogP contribution in [0.25, 0.3) is 11.0 Å². The first-order valence-corrected chi connectivity index (χ1v) is 7.35. The number of carbonyl (C=O) groups is 1. The molecular weight excluding hydrogens is 326 g/mol. The second-order valence-corrected chi connectivity index (χ2v) is 5.75. The van der Waals surface area contributed by atoms with Gasteiger partial charge in [-0.3, -0.25) is 4.79 Å². The smallest absolute Gasteiger partial charge is 0.277 e. The number of amides is 1. The molecule has 3 N–H and O–H groups in total. The molecule has 0 unspecified atom stereocenters. The standard InChI is InChI=1S/C16H18F2N2O2.ClH/c17-16(18,8-19)9-20-15(21)6-12-7-22-14-5-11-3-1-2-10(11)4-13(12)14;/h4-5,7H,1-3,6,8-9,19H2,(H,20,21);1H. The van der Waals surface area contributed by atoms with Crippen molar-refractivity contribution in [3.8, 4) is 0 Å². The molecule has 1 heterocycles. The first-order valence-electron chi connectivity index (χ1n) is 7.35. The molecule has 1 aromatic heterocycles. The molecule has 0 fully saturated rings. The van der Waals surface area contributed by atoms with Gasteiger partial charge in [-0.1, -0.05) is 0 Å². The van der Waals surface area contributed by atoms with Crippen LogP contribution in [-0.2, 0) is 24.1 Å². The molecule has 7 heteroatoms. The van der Waals surface area contributed by atoms with Crippen LogP contribution in [0.2, 0.25) is 0 Å². The number of halogens is 3. The van der Waals surface area contributed by atoms with Gasteiger partial charge in [0.25, 0.3) is 5.92 Å². The van der Waals surface area contributed by atoms with Crippen LogP contribution in [0.4, 0.5) is 8.78 Å². The van der Waals surface area contributed by atoms with Crippen LogP contribution >= 0.6 is 12.4 Å². The summed E-state index contributed by atoms with van der Waals surface area (Å²) < 4.78 is 31.6. The van der Waals surface area contributed by atoms with Crippen molar-refractivity contribution in [1.82, 2.24) is 5.32 Å². The molecule has 0 aliphatic heterocycles. The van der Waals surface area contributed by atoms with Gasteiger partial charge in [-0.2, -0.15) is 0 Å². The van der Waals surface area contributed by atoms with Gasteiger partial charge in [0.05, 0.1) is 25.8 Å². The van der Waals surface area contributed by atoms with Gasteiger partial charge in [0.2, 0.25) is 5.91 Å². The summed E-state index contributed by atoms with van der Waals surface area (Å²) in [5, 5.41) is 3.11. The highest BCUT2D eigenvalue weighted by Crippen LogP contribution is 2.30. The lowest BCUT2D eigenvalue weighted by Gasteiger charge is -2.14. The number of furan rings is 1. The summed E-state index contributed by atoms with van der Waals surface area (Å²) in [5.74, 6) is -3.54. The third-order valence-corrected chi connectivity index (χ3v) is 4.06. The van der Waals surface area contributed by atoms with Crippen LogP contribution in [0.3, 0.4) is 0 Å². The lowest BCUT2D eigenvalue weighted by molar-refractivity contribution is -0.122. The van der Waals surface area contributed by atoms with E-state index in [9.17, 15) is 13.6 Å². The van der Waals surface area contributed by atoms with Gasteiger partial charge < -0.3 is 15.5 Å². The topological polar surface area (TPSA) is 68.3 Å². The Morgan fingerprint density at radius 3 is 2.70 bits per heavy atom. The van der Waals surface area contributed by atoms with E-state index in [0.717, 1.165) is 35.8 Å². The average molecular weight is 345 g/mol. The lowest BCUT2D eigenvalue weighted by Crippen LogP contribution is -2.42. The summed E-state index contributed by atoms with van der Waals surface area (Å²) in [7, 11) is 0. The first kappa shape index (κ1) is 17.7. The van der Waals surface area contributed by atoms with Gasteiger partial charge in [-0.05, 0) is 42.5 Å². The molecule has 23 heavy (non-hydrogen) atoms. The minimum Gasteiger partial charge on any atom is -0.464 e. The van der Waals surface area contributed by atoms with Crippen LogP contribution < -0.4 is 11.1 Å². The van der Waals surface area contributed by atoms with E-state index in [-0.39, 0.29) is 18.8 Å². The fourth-order valence-electron chi connectivity index (χ4n) is 2.82. The number of hydrogen-bond donors (Lipinski definition) is 2. The average Bonchev–Trinajstić information content (AvgIpc) is 3.10. The van der Waals surface area contributed by atoms with Gasteiger partial charge in [0, 0.05) is 10.9 Å². The first-order chi connectivity index (χ1) is 10.5. The summed E-state index contributed by atoms with van der Waals surface area (Å²) in [4.78, 5) is 11.8. The summed E-state index contributed by atoms with van der Waals surface area (Å²) in [6, 6.07) is 4.07. The highest BCUT2D eigenvalue weighted by molar-refractivity contribution is 5.88. The zero-order chi connectivity index (χ0) is 15.7. The normalized spacial score (nSPS) is 13.7. The van der Waals surface area contributed by atoms with Crippen molar-refractivity contribution in [2.45, 2.75) is 31.6 Å². The molecule has 3 rings (SSSR count). The SMILES string of the molecule is Cl.NCC(F)(F)CNC(=O)Cc1coc2cc3c(cc12)CCC3. The fourth-order valence-corrected chi connectivity index (χ4v) is 2.82. The molecule has 126 valence electrons. The molecule has 1 aliphatic carbocycles. The van der Waals surface area contributed by atoms with Crippen LogP contribution in [0.1, 0.15) is 23.1 Å². The second kappa shape index (κ2) is 6.84. The van der Waals surface area contributed by atoms with Crippen molar-refractivity contribution in [3.63, 3.8) is 0 Å². The molecule has 0 bridgehead atoms. The molecule has 0 saturated heterocycles. The molecule has 0 spiro atoms. The summed E-state index contributed by atoms with van der Waals surface area (Å²) in [6.45, 7) is -1.53. The number of benzene rings is 1. The maximum atomic E-state index is 13.0. The zero-order valence-corrected chi connectivity index (χ0v) is 13.3. The Morgan fingerprint density at radius 2 is 2.00 bits per heavy atom. The highest BCUT2D eigenvalue weighted by atomic mass is 35.5. The molecule has 4 nitrogen and oxygen atoms in total. The van der Waals surface area contributed by atoms with Gasteiger partial charge in [-0.15, -0.1) is 12.4 Å². The number of rotatable bonds is 5. The van der Waals surface area contributed by atoms with Crippen molar-refractivity contribution >= 4 is 29.3 Å². The minimum atomic E-state index is -3.07. The Balaban J connectivity index is 0.00000192. The van der Waals surface area contributed by atoms with Crippen molar-refractivity contribution in [2.75, 3.05) is 13.1 Å². The number of fused-ring (bicyclic) bond motifs is 2. The van der Waals surface area contributed by atoms with E-state index < -0.39 is 24.9 Å². The molecule has 1 amide bonds. The number of carbonyl (C=O) groups excluding carboxylic acids is 1. The summed E-state index contributed by atoms with van der Waals surface area (Å²) in [6.07, 6.45) is 4.76. The van der Waals surface area contributed by atoms with Gasteiger partial charge in [-0.25, -0.2) is 8.78 Å². The fraction of sp³-hybridized carbons (Fsp3) is 0.438. The number of hydrogen-bond acceptors (Lipinski definition) is 3. The molecule has 0 saturated carbocycles. The van der Waals surface area contributed by atoms with E-state index in [1.54, 1.807) is 0 Å². The Labute approximate surface area is 138 Å². The Morgan fingerprint density at radius 1 is 1.30 bits per heavy atom. The van der Waals surface area contributed by atoms with Gasteiger partial charge in [0.1, 0.15) is 5.58 Å². The molecular formula is C16H19ClF2N2O2. The van der Waals surface area contributed by atoms with E-state index in [0.29, 0.717) is 0 Å². The van der Waals surface area contributed by atoms with E-state index in [1.165, 1.54) is 17.4 Å². The minimum absolute atomic E-state index is 0. The Hall–Kier alpha value is -1.66. The van der Waals surface area contributed by atoms with Gasteiger partial charge >= 0.3 is 0 Å². The summed E-state index contributed by atoms with van der Waals surface area (Å²) >= 11 is 0. The van der Waals surface area contributed by atoms with Crippen molar-refractivity contribution in [3.05, 3.63) is 35.1 Å². The van der Waals surface area contributed by atoms with E-state index in [1.807, 2.05) is 6.07 Å². The third-order valence-electron chi connectivity index (χ3n) is 4.06. The number of nitrogens with one attached hydrogen (secondary N) is 1.